The van der Waals surface area contributed by atoms with Crippen LogP contribution >= 0.6 is 0 Å². The summed E-state index contributed by atoms with van der Waals surface area (Å²) in [5.74, 6) is -1.30. The first-order valence-electron chi connectivity index (χ1n) is 5.63. The number of aryl methyl sites for hydroxylation is 1. The van der Waals surface area contributed by atoms with Crippen molar-refractivity contribution in [3.8, 4) is 0 Å². The third-order valence-electron chi connectivity index (χ3n) is 2.51. The zero-order valence-electron chi connectivity index (χ0n) is 10.1. The predicted molar refractivity (Wildman–Crippen MR) is 64.8 cm³/mol. The average Bonchev–Trinajstić information content (AvgIpc) is 2.28. The maximum absolute atomic E-state index is 11.6. The molecule has 0 heterocycles. The minimum atomic E-state index is -1.03. The second-order valence-corrected chi connectivity index (χ2v) is 3.98. The number of carboxylic acid groups (broad SMARTS) is 1. The van der Waals surface area contributed by atoms with Crippen LogP contribution in [0.2, 0.25) is 0 Å². The summed E-state index contributed by atoms with van der Waals surface area (Å²) in [6.07, 6.45) is 1.13. The molecule has 0 bridgehead atoms. The first-order valence-corrected chi connectivity index (χ1v) is 5.63. The monoisotopic (exact) mass is 235 g/mol. The molecule has 1 aromatic rings. The number of hydrogen-bond donors (Lipinski definition) is 2. The summed E-state index contributed by atoms with van der Waals surface area (Å²) in [5, 5.41) is 11.1. The fourth-order valence-corrected chi connectivity index (χ4v) is 1.50. The van der Waals surface area contributed by atoms with E-state index in [1.165, 1.54) is 12.5 Å². The van der Waals surface area contributed by atoms with Crippen molar-refractivity contribution in [1.29, 1.82) is 0 Å². The number of carbonyl (C=O) groups excluding carboxylic acids is 1. The molecule has 1 atom stereocenters. The molecule has 0 spiro atoms. The zero-order chi connectivity index (χ0) is 12.8. The maximum Gasteiger partial charge on any atom is 0.325 e. The van der Waals surface area contributed by atoms with E-state index in [4.69, 9.17) is 5.11 Å². The van der Waals surface area contributed by atoms with Crippen LogP contribution in [0.4, 0.5) is 0 Å². The van der Waals surface area contributed by atoms with Crippen LogP contribution in [0, 0.1) is 0 Å². The first kappa shape index (κ1) is 13.2. The van der Waals surface area contributed by atoms with E-state index in [2.05, 4.69) is 5.32 Å². The van der Waals surface area contributed by atoms with Gasteiger partial charge >= 0.3 is 5.97 Å². The van der Waals surface area contributed by atoms with Gasteiger partial charge in [0, 0.05) is 0 Å². The van der Waals surface area contributed by atoms with Crippen molar-refractivity contribution in [2.45, 2.75) is 32.7 Å². The van der Waals surface area contributed by atoms with E-state index in [9.17, 15) is 9.59 Å². The van der Waals surface area contributed by atoms with E-state index >= 15 is 0 Å². The first-order chi connectivity index (χ1) is 8.02. The third-order valence-corrected chi connectivity index (χ3v) is 2.51. The van der Waals surface area contributed by atoms with Gasteiger partial charge in [0.05, 0.1) is 6.42 Å². The number of rotatable bonds is 5. The normalized spacial score (nSPS) is 11.9. The molecule has 92 valence electrons. The molecule has 1 rings (SSSR count). The van der Waals surface area contributed by atoms with Crippen molar-refractivity contribution in [2.75, 3.05) is 0 Å². The molecule has 0 unspecified atom stereocenters. The van der Waals surface area contributed by atoms with Gasteiger partial charge in [-0.25, -0.2) is 0 Å². The Bertz CT molecular complexity index is 415. The number of amides is 1. The Balaban J connectivity index is 2.58. The average molecular weight is 235 g/mol. The second-order valence-electron chi connectivity index (χ2n) is 3.98. The molecule has 0 aliphatic carbocycles. The minimum Gasteiger partial charge on any atom is -0.480 e. The van der Waals surface area contributed by atoms with Gasteiger partial charge in [-0.2, -0.15) is 0 Å². The molecule has 2 N–H and O–H groups in total. The molecule has 1 amide bonds. The summed E-state index contributed by atoms with van der Waals surface area (Å²) >= 11 is 0. The van der Waals surface area contributed by atoms with Gasteiger partial charge in [-0.3, -0.25) is 9.59 Å². The van der Waals surface area contributed by atoms with Crippen LogP contribution in [0.5, 0.6) is 0 Å². The summed E-state index contributed by atoms with van der Waals surface area (Å²) in [5.41, 5.74) is 2.07. The largest absolute Gasteiger partial charge is 0.480 e. The Morgan fingerprint density at radius 2 is 2.00 bits per heavy atom. The molecule has 0 aromatic heterocycles. The Hall–Kier alpha value is -1.84. The van der Waals surface area contributed by atoms with E-state index in [0.29, 0.717) is 0 Å². The van der Waals surface area contributed by atoms with Crippen molar-refractivity contribution >= 4 is 11.9 Å². The number of benzene rings is 1. The molecule has 0 aliphatic rings. The van der Waals surface area contributed by atoms with Crippen LogP contribution in [0.25, 0.3) is 0 Å². The standard InChI is InChI=1S/C13H17NO3/c1-3-10-5-4-6-11(7-10)8-12(15)14-9(2)13(16)17/h4-7,9H,3,8H2,1-2H3,(H,14,15)(H,16,17)/t9-/m1/s1. The van der Waals surface area contributed by atoms with Crippen molar-refractivity contribution < 1.29 is 14.7 Å². The predicted octanol–water partition coefficient (Wildman–Crippen LogP) is 1.38. The molecule has 0 fully saturated rings. The van der Waals surface area contributed by atoms with E-state index in [1.54, 1.807) is 0 Å². The van der Waals surface area contributed by atoms with E-state index in [0.717, 1.165) is 12.0 Å². The van der Waals surface area contributed by atoms with Gasteiger partial charge in [-0.1, -0.05) is 31.2 Å². The summed E-state index contributed by atoms with van der Waals surface area (Å²) in [6, 6.07) is 6.88. The van der Waals surface area contributed by atoms with Gasteiger partial charge in [-0.05, 0) is 24.5 Å². The Kier molecular flexibility index (Phi) is 4.69. The van der Waals surface area contributed by atoms with Gasteiger partial charge < -0.3 is 10.4 Å². The molecule has 17 heavy (non-hydrogen) atoms. The van der Waals surface area contributed by atoms with Crippen LogP contribution in [-0.2, 0) is 22.4 Å². The van der Waals surface area contributed by atoms with E-state index in [1.807, 2.05) is 31.2 Å². The molecule has 4 nitrogen and oxygen atoms in total. The third kappa shape index (κ3) is 4.26. The van der Waals surface area contributed by atoms with Crippen LogP contribution in [0.3, 0.4) is 0 Å². The van der Waals surface area contributed by atoms with Gasteiger partial charge in [-0.15, -0.1) is 0 Å². The molecule has 4 heteroatoms. The highest BCUT2D eigenvalue weighted by molar-refractivity contribution is 5.84. The molecular formula is C13H17NO3. The quantitative estimate of drug-likeness (QED) is 0.810. The van der Waals surface area contributed by atoms with Crippen LogP contribution in [-0.4, -0.2) is 23.0 Å². The van der Waals surface area contributed by atoms with Crippen molar-refractivity contribution in [1.82, 2.24) is 5.32 Å². The molecule has 0 saturated heterocycles. The van der Waals surface area contributed by atoms with Crippen LogP contribution < -0.4 is 5.32 Å². The highest BCUT2D eigenvalue weighted by atomic mass is 16.4. The van der Waals surface area contributed by atoms with Crippen molar-refractivity contribution in [3.63, 3.8) is 0 Å². The van der Waals surface area contributed by atoms with Crippen molar-refractivity contribution in [3.05, 3.63) is 35.4 Å². The van der Waals surface area contributed by atoms with Gasteiger partial charge in [0.15, 0.2) is 0 Å². The highest BCUT2D eigenvalue weighted by Gasteiger charge is 2.13. The lowest BCUT2D eigenvalue weighted by Gasteiger charge is -2.09. The fraction of sp³-hybridized carbons (Fsp3) is 0.385. The molecular weight excluding hydrogens is 218 g/mol. The maximum atomic E-state index is 11.6. The lowest BCUT2D eigenvalue weighted by molar-refractivity contribution is -0.141. The van der Waals surface area contributed by atoms with Gasteiger partial charge in [0.2, 0.25) is 5.91 Å². The fourth-order valence-electron chi connectivity index (χ4n) is 1.50. The van der Waals surface area contributed by atoms with E-state index < -0.39 is 12.0 Å². The Labute approximate surface area is 101 Å². The minimum absolute atomic E-state index is 0.214. The van der Waals surface area contributed by atoms with Crippen LogP contribution in [0.1, 0.15) is 25.0 Å². The molecule has 0 radical (unpaired) electrons. The lowest BCUT2D eigenvalue weighted by atomic mass is 10.1. The van der Waals surface area contributed by atoms with Crippen molar-refractivity contribution in [2.24, 2.45) is 0 Å². The zero-order valence-corrected chi connectivity index (χ0v) is 10.1. The van der Waals surface area contributed by atoms with E-state index in [-0.39, 0.29) is 12.3 Å². The lowest BCUT2D eigenvalue weighted by Crippen LogP contribution is -2.39. The van der Waals surface area contributed by atoms with Gasteiger partial charge in [0.1, 0.15) is 6.04 Å². The summed E-state index contributed by atoms with van der Waals surface area (Å²) in [7, 11) is 0. The number of nitrogens with one attached hydrogen (secondary N) is 1. The highest BCUT2D eigenvalue weighted by Crippen LogP contribution is 2.06. The summed E-state index contributed by atoms with van der Waals surface area (Å²) in [4.78, 5) is 22.1. The number of carbonyl (C=O) groups is 2. The Morgan fingerprint density at radius 3 is 2.59 bits per heavy atom. The van der Waals surface area contributed by atoms with Gasteiger partial charge in [0.25, 0.3) is 0 Å². The number of aliphatic carboxylic acids is 1. The summed E-state index contributed by atoms with van der Waals surface area (Å²) in [6.45, 7) is 3.49. The second kappa shape index (κ2) is 6.03. The number of carboxylic acids is 1. The smallest absolute Gasteiger partial charge is 0.325 e. The molecule has 1 aromatic carbocycles. The molecule has 0 saturated carbocycles. The number of hydrogen-bond acceptors (Lipinski definition) is 2. The molecule has 0 aliphatic heterocycles. The Morgan fingerprint density at radius 1 is 1.35 bits per heavy atom. The van der Waals surface area contributed by atoms with Crippen LogP contribution in [0.15, 0.2) is 24.3 Å². The SMILES string of the molecule is CCc1cccc(CC(=O)N[C@H](C)C(=O)O)c1. The summed E-state index contributed by atoms with van der Waals surface area (Å²) < 4.78 is 0. The topological polar surface area (TPSA) is 66.4 Å².